The molecule has 4 aromatic rings. The van der Waals surface area contributed by atoms with E-state index in [0.29, 0.717) is 35.2 Å². The molecule has 240 valence electrons. The summed E-state index contributed by atoms with van der Waals surface area (Å²) in [6.45, 7) is 2.38. The van der Waals surface area contributed by atoms with E-state index in [1.165, 1.54) is 33.4 Å². The van der Waals surface area contributed by atoms with Crippen LogP contribution >= 0.6 is 23.2 Å². The van der Waals surface area contributed by atoms with Crippen molar-refractivity contribution in [1.29, 1.82) is 0 Å². The largest absolute Gasteiger partial charge is 0.383 e. The van der Waals surface area contributed by atoms with Crippen molar-refractivity contribution in [2.45, 2.75) is 42.8 Å². The summed E-state index contributed by atoms with van der Waals surface area (Å²) in [7, 11) is -2.78. The molecule has 1 saturated heterocycles. The molecule has 2 aliphatic rings. The fourth-order valence-corrected chi connectivity index (χ4v) is 8.44. The molecule has 2 aliphatic heterocycles. The highest BCUT2D eigenvalue weighted by molar-refractivity contribution is 7.89. The lowest BCUT2D eigenvalue weighted by molar-refractivity contribution is -0.125. The third-order valence-corrected chi connectivity index (χ3v) is 10.6. The summed E-state index contributed by atoms with van der Waals surface area (Å²) < 4.78 is 36.4. The number of fused-ring (bicyclic) bond motifs is 1. The van der Waals surface area contributed by atoms with E-state index in [2.05, 4.69) is 20.3 Å². The van der Waals surface area contributed by atoms with Crippen LogP contribution in [0.15, 0.2) is 72.4 Å². The summed E-state index contributed by atoms with van der Waals surface area (Å²) in [6, 6.07) is 11.3. The van der Waals surface area contributed by atoms with E-state index in [1.807, 2.05) is 24.3 Å². The van der Waals surface area contributed by atoms with Crippen LogP contribution in [-0.4, -0.2) is 76.9 Å². The number of hydrogen-bond acceptors (Lipinski definition) is 8. The number of anilines is 2. The second-order valence-corrected chi connectivity index (χ2v) is 14.0. The number of carbonyl (C=O) groups excluding carboxylic acids is 2. The molecule has 2 atom stereocenters. The minimum absolute atomic E-state index is 0.0998. The molecule has 0 unspecified atom stereocenters. The molecular formula is C31H31Cl2N7O5S. The van der Waals surface area contributed by atoms with Crippen LogP contribution in [-0.2, 0) is 36.3 Å². The SMILES string of the molecule is COCCNC(=O)[C@@H]1CCCN1S(=O)(=O)c1cnc2n1[C@](C)(Cc1ccc(-c3cncnc3)cc1)C(=O)N2c1cc(Cl)cc(Cl)c1. The summed E-state index contributed by atoms with van der Waals surface area (Å²) in [4.78, 5) is 41.5. The van der Waals surface area contributed by atoms with Crippen molar-refractivity contribution < 1.29 is 22.7 Å². The number of imidazole rings is 1. The Bertz CT molecular complexity index is 1870. The molecular weight excluding hydrogens is 653 g/mol. The molecule has 2 aromatic carbocycles. The predicted molar refractivity (Wildman–Crippen MR) is 172 cm³/mol. The smallest absolute Gasteiger partial charge is 0.261 e. The minimum atomic E-state index is -4.30. The fourth-order valence-electron chi connectivity index (χ4n) is 6.08. The molecule has 0 saturated carbocycles. The van der Waals surface area contributed by atoms with E-state index in [-0.39, 0.29) is 30.5 Å². The Morgan fingerprint density at radius 2 is 1.76 bits per heavy atom. The van der Waals surface area contributed by atoms with Gasteiger partial charge >= 0.3 is 0 Å². The van der Waals surface area contributed by atoms with Crippen molar-refractivity contribution in [3.63, 3.8) is 0 Å². The molecule has 0 bridgehead atoms. The number of nitrogens with one attached hydrogen (secondary N) is 1. The first-order valence-electron chi connectivity index (χ1n) is 14.6. The maximum Gasteiger partial charge on any atom is 0.261 e. The number of rotatable bonds is 10. The molecule has 6 rings (SSSR count). The highest BCUT2D eigenvalue weighted by atomic mass is 35.5. The fraction of sp³-hybridized carbons (Fsp3) is 0.323. The molecule has 1 N–H and O–H groups in total. The average Bonchev–Trinajstić information content (AvgIpc) is 3.75. The Kier molecular flexibility index (Phi) is 8.87. The molecule has 15 heteroatoms. The zero-order valence-corrected chi connectivity index (χ0v) is 27.4. The number of methoxy groups -OCH3 is 1. The van der Waals surface area contributed by atoms with Crippen molar-refractivity contribution in [3.8, 4) is 11.1 Å². The quantitative estimate of drug-likeness (QED) is 0.246. The van der Waals surface area contributed by atoms with Gasteiger partial charge in [0.05, 0.1) is 18.5 Å². The van der Waals surface area contributed by atoms with E-state index in [4.69, 9.17) is 27.9 Å². The second kappa shape index (κ2) is 12.7. The van der Waals surface area contributed by atoms with Gasteiger partial charge in [-0.15, -0.1) is 0 Å². The van der Waals surface area contributed by atoms with Gasteiger partial charge in [0, 0.05) is 54.6 Å². The van der Waals surface area contributed by atoms with Gasteiger partial charge in [-0.05, 0) is 49.1 Å². The first-order valence-corrected chi connectivity index (χ1v) is 16.8. The Morgan fingerprint density at radius 1 is 1.07 bits per heavy atom. The van der Waals surface area contributed by atoms with E-state index in [9.17, 15) is 18.0 Å². The minimum Gasteiger partial charge on any atom is -0.383 e. The molecule has 0 aliphatic carbocycles. The zero-order valence-electron chi connectivity index (χ0n) is 25.1. The molecule has 2 amide bonds. The Morgan fingerprint density at radius 3 is 2.43 bits per heavy atom. The van der Waals surface area contributed by atoms with Crippen LogP contribution in [0.5, 0.6) is 0 Å². The molecule has 4 heterocycles. The van der Waals surface area contributed by atoms with Crippen molar-refractivity contribution in [3.05, 3.63) is 83.0 Å². The predicted octanol–water partition coefficient (Wildman–Crippen LogP) is 4.20. The molecule has 0 spiro atoms. The third-order valence-electron chi connectivity index (χ3n) is 8.25. The van der Waals surface area contributed by atoms with Gasteiger partial charge in [-0.3, -0.25) is 14.2 Å². The average molecular weight is 685 g/mol. The second-order valence-electron chi connectivity index (χ2n) is 11.3. The molecule has 12 nitrogen and oxygen atoms in total. The number of nitrogens with zero attached hydrogens (tertiary/aromatic N) is 6. The maximum atomic E-state index is 14.5. The number of halogens is 2. The topological polar surface area (TPSA) is 140 Å². The van der Waals surface area contributed by atoms with E-state index in [0.717, 1.165) is 16.7 Å². The van der Waals surface area contributed by atoms with Crippen LogP contribution < -0.4 is 10.2 Å². The highest BCUT2D eigenvalue weighted by Gasteiger charge is 2.53. The van der Waals surface area contributed by atoms with Crippen molar-refractivity contribution in [1.82, 2.24) is 29.1 Å². The number of hydrogen-bond donors (Lipinski definition) is 1. The van der Waals surface area contributed by atoms with E-state index >= 15 is 0 Å². The highest BCUT2D eigenvalue weighted by Crippen LogP contribution is 2.45. The van der Waals surface area contributed by atoms with Gasteiger partial charge in [-0.25, -0.2) is 28.3 Å². The lowest BCUT2D eigenvalue weighted by atomic mass is 9.91. The molecule has 2 aromatic heterocycles. The lowest BCUT2D eigenvalue weighted by Gasteiger charge is -2.29. The van der Waals surface area contributed by atoms with Crippen molar-refractivity contribution >= 4 is 56.7 Å². The van der Waals surface area contributed by atoms with Crippen LogP contribution in [0.4, 0.5) is 11.6 Å². The van der Waals surface area contributed by atoms with E-state index < -0.39 is 33.4 Å². The summed E-state index contributed by atoms with van der Waals surface area (Å²) in [5.74, 6) is -0.721. The maximum absolute atomic E-state index is 14.5. The molecule has 0 radical (unpaired) electrons. The molecule has 1 fully saturated rings. The van der Waals surface area contributed by atoms with Crippen LogP contribution in [0.3, 0.4) is 0 Å². The number of carbonyl (C=O) groups is 2. The van der Waals surface area contributed by atoms with Gasteiger partial charge in [-0.2, -0.15) is 4.31 Å². The third kappa shape index (κ3) is 5.77. The number of aromatic nitrogens is 4. The number of amides is 2. The first-order chi connectivity index (χ1) is 22.0. The van der Waals surface area contributed by atoms with E-state index in [1.54, 1.807) is 37.5 Å². The Hall–Kier alpha value is -3.88. The van der Waals surface area contributed by atoms with Crippen LogP contribution in [0.25, 0.3) is 11.1 Å². The Balaban J connectivity index is 1.42. The van der Waals surface area contributed by atoms with Gasteiger partial charge in [-0.1, -0.05) is 47.5 Å². The Labute approximate surface area is 276 Å². The summed E-state index contributed by atoms with van der Waals surface area (Å²) in [6.07, 6.45) is 7.11. The van der Waals surface area contributed by atoms with Crippen LogP contribution in [0.2, 0.25) is 10.0 Å². The molecule has 46 heavy (non-hydrogen) atoms. The van der Waals surface area contributed by atoms with Crippen molar-refractivity contribution in [2.24, 2.45) is 0 Å². The van der Waals surface area contributed by atoms with Crippen LogP contribution in [0, 0.1) is 0 Å². The van der Waals surface area contributed by atoms with Gasteiger partial charge < -0.3 is 10.1 Å². The summed E-state index contributed by atoms with van der Waals surface area (Å²) >= 11 is 12.6. The summed E-state index contributed by atoms with van der Waals surface area (Å²) in [5.41, 5.74) is 1.41. The number of ether oxygens (including phenoxy) is 1. The number of sulfonamides is 1. The number of benzene rings is 2. The monoisotopic (exact) mass is 683 g/mol. The standard InChI is InChI=1S/C31H31Cl2N7O5S/c1-31(15-20-5-7-21(8-6-20)22-16-34-19-35-17-22)29(42)39(25-13-23(32)12-24(33)14-25)30-37-18-27(40(30)31)46(43,44)38-10-3-4-26(38)28(41)36-9-11-45-2/h5-8,12-14,16-19,26H,3-4,9-11,15H2,1-2H3,(H,36,41)/t26-,31+/m0/s1. The van der Waals surface area contributed by atoms with Crippen LogP contribution in [0.1, 0.15) is 25.3 Å². The van der Waals surface area contributed by atoms with Gasteiger partial charge in [0.1, 0.15) is 17.9 Å². The normalized spacial score (nSPS) is 19.9. The zero-order chi connectivity index (χ0) is 32.6. The summed E-state index contributed by atoms with van der Waals surface area (Å²) in [5, 5.41) is 3.16. The lowest BCUT2D eigenvalue weighted by Crippen LogP contribution is -2.48. The first kappa shape index (κ1) is 32.1. The van der Waals surface area contributed by atoms with Crippen molar-refractivity contribution in [2.75, 3.05) is 31.7 Å². The van der Waals surface area contributed by atoms with Gasteiger partial charge in [0.2, 0.25) is 11.9 Å². The van der Waals surface area contributed by atoms with Gasteiger partial charge in [0.25, 0.3) is 15.9 Å². The van der Waals surface area contributed by atoms with Gasteiger partial charge in [0.15, 0.2) is 5.03 Å².